The third-order valence-electron chi connectivity index (χ3n) is 11.4. The van der Waals surface area contributed by atoms with Crippen molar-refractivity contribution in [3.63, 3.8) is 0 Å². The zero-order valence-electron chi connectivity index (χ0n) is 31.0. The average Bonchev–Trinajstić information content (AvgIpc) is 4.03. The molecular weight excluding hydrogens is 793 g/mol. The minimum atomic E-state index is 1.32. The first kappa shape index (κ1) is 33.5. The summed E-state index contributed by atoms with van der Waals surface area (Å²) in [7, 11) is 0. The van der Waals surface area contributed by atoms with Crippen molar-refractivity contribution in [3.05, 3.63) is 144 Å². The molecule has 12 aromatic rings. The lowest BCUT2D eigenvalue weighted by Gasteiger charge is -2.11. The molecule has 6 aromatic carbocycles. The number of benzene rings is 6. The highest BCUT2D eigenvalue weighted by Gasteiger charge is 2.19. The number of thiophene rings is 6. The Labute approximate surface area is 348 Å². The van der Waals surface area contributed by atoms with Crippen LogP contribution in [0.3, 0.4) is 0 Å². The number of rotatable bonds is 4. The van der Waals surface area contributed by atoms with Crippen LogP contribution < -0.4 is 0 Å². The van der Waals surface area contributed by atoms with Crippen LogP contribution in [0.2, 0.25) is 0 Å². The summed E-state index contributed by atoms with van der Waals surface area (Å²) in [4.78, 5) is 5.41. The van der Waals surface area contributed by atoms with Gasteiger partial charge < -0.3 is 0 Å². The second kappa shape index (κ2) is 12.4. The van der Waals surface area contributed by atoms with E-state index >= 15 is 0 Å². The van der Waals surface area contributed by atoms with Crippen LogP contribution in [0.15, 0.2) is 121 Å². The molecule has 0 atom stereocenters. The van der Waals surface area contributed by atoms with Crippen molar-refractivity contribution >= 4 is 138 Å². The van der Waals surface area contributed by atoms with Crippen LogP contribution in [-0.2, 0) is 0 Å². The molecule has 6 aromatic heterocycles. The van der Waals surface area contributed by atoms with E-state index in [0.717, 1.165) is 0 Å². The van der Waals surface area contributed by atoms with Gasteiger partial charge in [0, 0.05) is 69.3 Å². The maximum absolute atomic E-state index is 2.42. The van der Waals surface area contributed by atoms with Gasteiger partial charge in [-0.2, -0.15) is 0 Å². The molecule has 56 heavy (non-hydrogen) atoms. The van der Waals surface area contributed by atoms with E-state index in [1.54, 1.807) is 0 Å². The third-order valence-corrected chi connectivity index (χ3v) is 18.7. The van der Waals surface area contributed by atoms with Gasteiger partial charge in [0.1, 0.15) is 0 Å². The molecule has 0 unspecified atom stereocenters. The van der Waals surface area contributed by atoms with Gasteiger partial charge in [0.05, 0.1) is 9.40 Å². The SMILES string of the molecule is Cc1cc(-c2cc3sc4ccccc4c3s2)cc(C)c1-c1cc2ccc3c(ccc4cc(-c5c(C)cc(-c6cc7sc8ccccc8c7s6)cc5C)sc43)c2s1. The molecule has 12 rings (SSSR count). The Morgan fingerprint density at radius 3 is 1.12 bits per heavy atom. The monoisotopic (exact) mass is 824 g/mol. The van der Waals surface area contributed by atoms with E-state index in [0.29, 0.717) is 0 Å². The fraction of sp³-hybridized carbons (Fsp3) is 0.0800. The minimum Gasteiger partial charge on any atom is -0.135 e. The Hall–Kier alpha value is -4.66. The molecule has 0 aliphatic heterocycles. The van der Waals surface area contributed by atoms with Crippen molar-refractivity contribution in [2.45, 2.75) is 27.7 Å². The largest absolute Gasteiger partial charge is 0.135 e. The summed E-state index contributed by atoms with van der Waals surface area (Å²) in [5, 5.41) is 8.11. The van der Waals surface area contributed by atoms with E-state index in [1.165, 1.54) is 134 Å². The van der Waals surface area contributed by atoms with Crippen LogP contribution in [-0.4, -0.2) is 0 Å². The molecule has 0 radical (unpaired) electrons. The summed E-state index contributed by atoms with van der Waals surface area (Å²) in [5.74, 6) is 0. The Kier molecular flexibility index (Phi) is 7.42. The van der Waals surface area contributed by atoms with Crippen LogP contribution >= 0.6 is 68.0 Å². The Balaban J connectivity index is 0.903. The van der Waals surface area contributed by atoms with Gasteiger partial charge in [0.25, 0.3) is 0 Å². The smallest absolute Gasteiger partial charge is 0.0535 e. The highest BCUT2D eigenvalue weighted by Crippen LogP contribution is 2.49. The number of aryl methyl sites for hydroxylation is 4. The maximum atomic E-state index is 2.42. The molecule has 0 saturated heterocycles. The van der Waals surface area contributed by atoms with Gasteiger partial charge in [-0.05, 0) is 144 Å². The number of hydrogen-bond donors (Lipinski definition) is 0. The molecule has 0 N–H and O–H groups in total. The lowest BCUT2D eigenvalue weighted by molar-refractivity contribution is 1.40. The standard InChI is InChI=1S/C50H32S6/c1-25-17-31(39-23-43-49(53-39)35-9-5-7-11-37(35)51-43)18-26(2)45(25)41-21-29-13-15-34-33(47(29)55-41)16-14-30-22-42(56-48(30)34)46-27(3)19-32(20-28(46)4)40-24-44-50(54-40)36-10-6-8-12-38(36)52-44/h5-24H,1-4H3. The zero-order valence-corrected chi connectivity index (χ0v) is 35.9. The molecule has 0 aliphatic carbocycles. The molecule has 0 bridgehead atoms. The first-order valence-electron chi connectivity index (χ1n) is 18.8. The summed E-state index contributed by atoms with van der Waals surface area (Å²) in [6.45, 7) is 9.16. The van der Waals surface area contributed by atoms with E-state index in [2.05, 4.69) is 149 Å². The Bertz CT molecular complexity index is 3300. The van der Waals surface area contributed by atoms with Crippen molar-refractivity contribution in [3.8, 4) is 41.8 Å². The molecule has 0 saturated carbocycles. The van der Waals surface area contributed by atoms with Crippen LogP contribution in [0, 0.1) is 27.7 Å². The highest BCUT2D eigenvalue weighted by atomic mass is 32.1. The van der Waals surface area contributed by atoms with Gasteiger partial charge in [0.2, 0.25) is 0 Å². The van der Waals surface area contributed by atoms with E-state index in [-0.39, 0.29) is 0 Å². The summed E-state index contributed by atoms with van der Waals surface area (Å²) in [6.07, 6.45) is 0. The fourth-order valence-electron chi connectivity index (χ4n) is 8.92. The van der Waals surface area contributed by atoms with E-state index in [9.17, 15) is 0 Å². The van der Waals surface area contributed by atoms with Crippen molar-refractivity contribution in [1.29, 1.82) is 0 Å². The first-order valence-corrected chi connectivity index (χ1v) is 23.7. The predicted molar refractivity (Wildman–Crippen MR) is 257 cm³/mol. The summed E-state index contributed by atoms with van der Waals surface area (Å²) < 4.78 is 11.1. The average molecular weight is 825 g/mol. The number of fused-ring (bicyclic) bond motifs is 11. The molecule has 6 heteroatoms. The summed E-state index contributed by atoms with van der Waals surface area (Å²) >= 11 is 11.6. The van der Waals surface area contributed by atoms with Crippen LogP contribution in [0.25, 0.3) is 112 Å². The maximum Gasteiger partial charge on any atom is 0.0535 e. The molecule has 0 nitrogen and oxygen atoms in total. The van der Waals surface area contributed by atoms with Crippen LogP contribution in [0.4, 0.5) is 0 Å². The Morgan fingerprint density at radius 2 is 0.696 bits per heavy atom. The van der Waals surface area contributed by atoms with Crippen molar-refractivity contribution in [2.75, 3.05) is 0 Å². The molecule has 0 aliphatic rings. The molecule has 0 spiro atoms. The highest BCUT2D eigenvalue weighted by molar-refractivity contribution is 7.34. The first-order chi connectivity index (χ1) is 27.3. The third kappa shape index (κ3) is 5.03. The van der Waals surface area contributed by atoms with Crippen LogP contribution in [0.5, 0.6) is 0 Å². The minimum absolute atomic E-state index is 1.32. The van der Waals surface area contributed by atoms with Gasteiger partial charge in [0.15, 0.2) is 0 Å². The Morgan fingerprint density at radius 1 is 0.304 bits per heavy atom. The second-order valence-electron chi connectivity index (χ2n) is 15.1. The molecular formula is C50H32S6. The normalized spacial score (nSPS) is 12.3. The molecule has 268 valence electrons. The molecule has 0 fully saturated rings. The van der Waals surface area contributed by atoms with E-state index in [1.807, 2.05) is 68.0 Å². The van der Waals surface area contributed by atoms with Crippen molar-refractivity contribution in [1.82, 2.24) is 0 Å². The van der Waals surface area contributed by atoms with E-state index in [4.69, 9.17) is 0 Å². The molecule has 0 amide bonds. The van der Waals surface area contributed by atoms with Crippen molar-refractivity contribution < 1.29 is 0 Å². The molecule has 6 heterocycles. The lowest BCUT2D eigenvalue weighted by Crippen LogP contribution is -1.87. The summed E-state index contributed by atoms with van der Waals surface area (Å²) in [5.41, 5.74) is 10.7. The van der Waals surface area contributed by atoms with Gasteiger partial charge in [-0.3, -0.25) is 0 Å². The van der Waals surface area contributed by atoms with Crippen molar-refractivity contribution in [2.24, 2.45) is 0 Å². The zero-order chi connectivity index (χ0) is 37.4. The van der Waals surface area contributed by atoms with Crippen LogP contribution in [0.1, 0.15) is 22.3 Å². The lowest BCUT2D eigenvalue weighted by atomic mass is 9.97. The quantitative estimate of drug-likeness (QED) is 0.166. The topological polar surface area (TPSA) is 0 Å². The predicted octanol–water partition coefficient (Wildman–Crippen LogP) is 18.0. The van der Waals surface area contributed by atoms with Gasteiger partial charge in [-0.25, -0.2) is 0 Å². The van der Waals surface area contributed by atoms with Gasteiger partial charge >= 0.3 is 0 Å². The fourth-order valence-corrected chi connectivity index (χ4v) is 16.7. The number of hydrogen-bond acceptors (Lipinski definition) is 6. The van der Waals surface area contributed by atoms with Gasteiger partial charge in [-0.1, -0.05) is 60.7 Å². The summed E-state index contributed by atoms with van der Waals surface area (Å²) in [6, 6.07) is 46.2. The van der Waals surface area contributed by atoms with Gasteiger partial charge in [-0.15, -0.1) is 68.0 Å². The van der Waals surface area contributed by atoms with E-state index < -0.39 is 0 Å². The second-order valence-corrected chi connectivity index (χ2v) is 21.4.